The minimum absolute atomic E-state index is 0.236. The van der Waals surface area contributed by atoms with E-state index in [-0.39, 0.29) is 12.1 Å². The molecule has 0 radical (unpaired) electrons. The lowest BCUT2D eigenvalue weighted by Gasteiger charge is -2.42. The summed E-state index contributed by atoms with van der Waals surface area (Å²) >= 11 is 0. The first-order valence-electron chi connectivity index (χ1n) is 8.10. The normalized spacial score (nSPS) is 20.9. The largest absolute Gasteiger partial charge is 0.491 e. The number of nitrogens with zero attached hydrogens (tertiary/aromatic N) is 2. The molecule has 1 atom stereocenters. The molecule has 0 saturated carbocycles. The van der Waals surface area contributed by atoms with Gasteiger partial charge >= 0.3 is 6.09 Å². The third-order valence-electron chi connectivity index (χ3n) is 4.14. The zero-order chi connectivity index (χ0) is 16.6. The number of amides is 1. The van der Waals surface area contributed by atoms with Crippen molar-refractivity contribution in [1.29, 1.82) is 0 Å². The lowest BCUT2D eigenvalue weighted by molar-refractivity contribution is 0.0211. The van der Waals surface area contributed by atoms with Crippen LogP contribution in [0.3, 0.4) is 0 Å². The van der Waals surface area contributed by atoms with Gasteiger partial charge < -0.3 is 25.0 Å². The van der Waals surface area contributed by atoms with Gasteiger partial charge in [0.15, 0.2) is 0 Å². The second kappa shape index (κ2) is 5.83. The Morgan fingerprint density at radius 2 is 2.13 bits per heavy atom. The highest BCUT2D eigenvalue weighted by molar-refractivity contribution is 5.70. The van der Waals surface area contributed by atoms with E-state index in [0.29, 0.717) is 25.4 Å². The van der Waals surface area contributed by atoms with Gasteiger partial charge in [0.2, 0.25) is 0 Å². The topological polar surface area (TPSA) is 68.0 Å². The maximum Gasteiger partial charge on any atom is 0.410 e. The van der Waals surface area contributed by atoms with Crippen molar-refractivity contribution in [3.8, 4) is 5.75 Å². The van der Waals surface area contributed by atoms with Crippen molar-refractivity contribution in [3.05, 3.63) is 18.2 Å². The van der Waals surface area contributed by atoms with Crippen LogP contribution in [0.15, 0.2) is 18.2 Å². The number of anilines is 2. The number of piperazine rings is 1. The number of fused-ring (bicyclic) bond motifs is 3. The summed E-state index contributed by atoms with van der Waals surface area (Å²) in [5.41, 5.74) is 7.15. The van der Waals surface area contributed by atoms with Gasteiger partial charge in [0, 0.05) is 37.8 Å². The Hall–Kier alpha value is -2.11. The van der Waals surface area contributed by atoms with E-state index in [1.54, 1.807) is 4.90 Å². The second-order valence-electron chi connectivity index (χ2n) is 7.14. The molecule has 1 saturated heterocycles. The summed E-state index contributed by atoms with van der Waals surface area (Å²) in [5, 5.41) is 0. The van der Waals surface area contributed by atoms with Crippen molar-refractivity contribution < 1.29 is 14.3 Å². The van der Waals surface area contributed by atoms with Gasteiger partial charge in [0.25, 0.3) is 0 Å². The van der Waals surface area contributed by atoms with Gasteiger partial charge in [-0.25, -0.2) is 4.79 Å². The quantitative estimate of drug-likeness (QED) is 0.744. The maximum absolute atomic E-state index is 12.3. The van der Waals surface area contributed by atoms with Gasteiger partial charge in [-0.05, 0) is 32.9 Å². The molecule has 1 amide bonds. The van der Waals surface area contributed by atoms with Crippen molar-refractivity contribution >= 4 is 17.5 Å². The number of ether oxygens (including phenoxy) is 2. The van der Waals surface area contributed by atoms with Crippen molar-refractivity contribution in [2.45, 2.75) is 38.8 Å². The van der Waals surface area contributed by atoms with E-state index >= 15 is 0 Å². The van der Waals surface area contributed by atoms with Crippen LogP contribution in [0.4, 0.5) is 16.2 Å². The fraction of sp³-hybridized carbons (Fsp3) is 0.588. The molecular weight excluding hydrogens is 294 g/mol. The minimum Gasteiger partial charge on any atom is -0.491 e. The molecular formula is C17H25N3O3. The summed E-state index contributed by atoms with van der Waals surface area (Å²) in [6, 6.07) is 6.01. The molecule has 0 spiro atoms. The number of hydrogen-bond acceptors (Lipinski definition) is 5. The van der Waals surface area contributed by atoms with Gasteiger partial charge in [0.05, 0.1) is 18.3 Å². The molecule has 0 unspecified atom stereocenters. The molecule has 3 rings (SSSR count). The Kier molecular flexibility index (Phi) is 4.00. The third-order valence-corrected chi connectivity index (χ3v) is 4.14. The first-order chi connectivity index (χ1) is 10.8. The molecule has 0 aromatic heterocycles. The molecule has 2 N–H and O–H groups in total. The van der Waals surface area contributed by atoms with E-state index in [1.807, 2.05) is 39.0 Å². The van der Waals surface area contributed by atoms with E-state index in [9.17, 15) is 4.79 Å². The van der Waals surface area contributed by atoms with Gasteiger partial charge in [-0.15, -0.1) is 0 Å². The Morgan fingerprint density at radius 3 is 2.87 bits per heavy atom. The number of hydrogen-bond donors (Lipinski definition) is 1. The number of carbonyl (C=O) groups excluding carboxylic acids is 1. The van der Waals surface area contributed by atoms with Crippen LogP contribution in [-0.4, -0.2) is 48.9 Å². The first kappa shape index (κ1) is 15.8. The Labute approximate surface area is 137 Å². The number of rotatable bonds is 0. The third kappa shape index (κ3) is 3.46. The highest BCUT2D eigenvalue weighted by atomic mass is 16.6. The molecule has 0 aliphatic carbocycles. The summed E-state index contributed by atoms with van der Waals surface area (Å²) in [4.78, 5) is 16.4. The van der Waals surface area contributed by atoms with Gasteiger partial charge in [-0.1, -0.05) is 0 Å². The summed E-state index contributed by atoms with van der Waals surface area (Å²) in [6.45, 7) is 8.37. The van der Waals surface area contributed by atoms with Crippen LogP contribution >= 0.6 is 0 Å². The van der Waals surface area contributed by atoms with Crippen LogP contribution in [-0.2, 0) is 4.74 Å². The summed E-state index contributed by atoms with van der Waals surface area (Å²) < 4.78 is 11.3. The van der Waals surface area contributed by atoms with Crippen LogP contribution in [0.2, 0.25) is 0 Å². The summed E-state index contributed by atoms with van der Waals surface area (Å²) in [7, 11) is 0. The Morgan fingerprint density at radius 1 is 1.35 bits per heavy atom. The number of nitrogens with two attached hydrogens (primary N) is 1. The zero-order valence-corrected chi connectivity index (χ0v) is 14.0. The summed E-state index contributed by atoms with van der Waals surface area (Å²) in [5.74, 6) is 0.832. The standard InChI is InChI=1S/C17H25N3O3/c1-17(2,3)23-16(21)19-7-8-20-13(11-19)6-9-22-15-10-12(18)4-5-14(15)20/h4-5,10,13H,6-9,11,18H2,1-3H3/t13-/m0/s1. The SMILES string of the molecule is CC(C)(C)OC(=O)N1CCN2c3ccc(N)cc3OCC[C@H]2C1. The molecule has 1 fully saturated rings. The highest BCUT2D eigenvalue weighted by Crippen LogP contribution is 2.36. The Balaban J connectivity index is 1.75. The molecule has 1 aromatic rings. The first-order valence-corrected chi connectivity index (χ1v) is 8.10. The molecule has 23 heavy (non-hydrogen) atoms. The predicted octanol–water partition coefficient (Wildman–Crippen LogP) is 2.48. The number of carbonyl (C=O) groups is 1. The molecule has 6 heteroatoms. The van der Waals surface area contributed by atoms with Crippen molar-refractivity contribution in [2.75, 3.05) is 36.9 Å². The van der Waals surface area contributed by atoms with Crippen molar-refractivity contribution in [2.24, 2.45) is 0 Å². The number of nitrogen functional groups attached to an aromatic ring is 1. The minimum atomic E-state index is -0.467. The molecule has 1 aromatic carbocycles. The fourth-order valence-corrected chi connectivity index (χ4v) is 3.10. The Bertz CT molecular complexity index is 597. The zero-order valence-electron chi connectivity index (χ0n) is 14.0. The van der Waals surface area contributed by atoms with Crippen LogP contribution in [0, 0.1) is 0 Å². The van der Waals surface area contributed by atoms with Crippen molar-refractivity contribution in [1.82, 2.24) is 4.90 Å². The monoisotopic (exact) mass is 319 g/mol. The van der Waals surface area contributed by atoms with Crippen LogP contribution in [0.25, 0.3) is 0 Å². The number of benzene rings is 1. The molecule has 2 aliphatic heterocycles. The van der Waals surface area contributed by atoms with E-state index in [1.165, 1.54) is 0 Å². The van der Waals surface area contributed by atoms with Crippen LogP contribution < -0.4 is 15.4 Å². The molecule has 6 nitrogen and oxygen atoms in total. The van der Waals surface area contributed by atoms with Gasteiger partial charge in [-0.2, -0.15) is 0 Å². The van der Waals surface area contributed by atoms with E-state index in [2.05, 4.69) is 4.90 Å². The average Bonchev–Trinajstić information content (AvgIpc) is 2.63. The van der Waals surface area contributed by atoms with E-state index < -0.39 is 5.60 Å². The molecule has 2 heterocycles. The van der Waals surface area contributed by atoms with Crippen LogP contribution in [0.5, 0.6) is 5.75 Å². The molecule has 2 aliphatic rings. The fourth-order valence-electron chi connectivity index (χ4n) is 3.10. The van der Waals surface area contributed by atoms with Crippen molar-refractivity contribution in [3.63, 3.8) is 0 Å². The van der Waals surface area contributed by atoms with Gasteiger partial charge in [-0.3, -0.25) is 0 Å². The van der Waals surface area contributed by atoms with Crippen LogP contribution in [0.1, 0.15) is 27.2 Å². The maximum atomic E-state index is 12.3. The smallest absolute Gasteiger partial charge is 0.410 e. The second-order valence-corrected chi connectivity index (χ2v) is 7.14. The van der Waals surface area contributed by atoms with Gasteiger partial charge in [0.1, 0.15) is 11.4 Å². The molecule has 0 bridgehead atoms. The average molecular weight is 319 g/mol. The molecule has 126 valence electrons. The van der Waals surface area contributed by atoms with E-state index in [4.69, 9.17) is 15.2 Å². The van der Waals surface area contributed by atoms with E-state index in [0.717, 1.165) is 24.4 Å². The highest BCUT2D eigenvalue weighted by Gasteiger charge is 2.34. The lowest BCUT2D eigenvalue weighted by atomic mass is 10.1. The summed E-state index contributed by atoms with van der Waals surface area (Å²) in [6.07, 6.45) is 0.633. The predicted molar refractivity (Wildman–Crippen MR) is 89.9 cm³/mol. The lowest BCUT2D eigenvalue weighted by Crippen LogP contribution is -2.55.